The van der Waals surface area contributed by atoms with E-state index in [1.54, 1.807) is 12.4 Å². The Bertz CT molecular complexity index is 414. The van der Waals surface area contributed by atoms with Crippen molar-refractivity contribution in [2.75, 3.05) is 18.4 Å². The molecule has 0 unspecified atom stereocenters. The number of fused-ring (bicyclic) bond motifs is 3. The number of anilines is 1. The molecule has 15 heavy (non-hydrogen) atoms. The van der Waals surface area contributed by atoms with Crippen LogP contribution in [0.2, 0.25) is 0 Å². The molecule has 1 N–H and O–H groups in total. The average molecular weight is 203 g/mol. The molecule has 0 saturated heterocycles. The number of hydrogen-bond donors (Lipinski definition) is 1. The molecular formula is C10H13N5. The van der Waals surface area contributed by atoms with Crippen LogP contribution in [0.3, 0.4) is 0 Å². The number of nitrogens with zero attached hydrogens (tertiary/aromatic N) is 4. The highest BCUT2D eigenvalue weighted by Gasteiger charge is 2.33. The first-order chi connectivity index (χ1) is 7.40. The Kier molecular flexibility index (Phi) is 1.83. The Morgan fingerprint density at radius 3 is 3.20 bits per heavy atom. The van der Waals surface area contributed by atoms with Gasteiger partial charge in [0.15, 0.2) is 11.7 Å². The highest BCUT2D eigenvalue weighted by atomic mass is 15.4. The second kappa shape index (κ2) is 3.18. The van der Waals surface area contributed by atoms with Crippen molar-refractivity contribution < 1.29 is 0 Å². The zero-order valence-corrected chi connectivity index (χ0v) is 8.64. The van der Waals surface area contributed by atoms with Crippen molar-refractivity contribution in [3.63, 3.8) is 0 Å². The molecule has 0 radical (unpaired) electrons. The fourth-order valence-electron chi connectivity index (χ4n) is 2.14. The second-order valence-electron chi connectivity index (χ2n) is 3.72. The summed E-state index contributed by atoms with van der Waals surface area (Å²) in [6, 6.07) is 0. The van der Waals surface area contributed by atoms with Crippen molar-refractivity contribution >= 4 is 11.7 Å². The molecule has 0 spiro atoms. The molecule has 78 valence electrons. The van der Waals surface area contributed by atoms with E-state index < -0.39 is 0 Å². The summed E-state index contributed by atoms with van der Waals surface area (Å²) in [6.45, 7) is 4.01. The van der Waals surface area contributed by atoms with Crippen LogP contribution in [0.25, 0.3) is 0 Å². The van der Waals surface area contributed by atoms with E-state index >= 15 is 0 Å². The van der Waals surface area contributed by atoms with Crippen LogP contribution < -0.4 is 5.32 Å². The number of aliphatic imine (C=N–C) groups is 1. The van der Waals surface area contributed by atoms with Crippen molar-refractivity contribution in [3.05, 3.63) is 18.1 Å². The van der Waals surface area contributed by atoms with E-state index in [1.165, 1.54) is 0 Å². The fourth-order valence-corrected chi connectivity index (χ4v) is 2.14. The maximum Gasteiger partial charge on any atom is 0.157 e. The summed E-state index contributed by atoms with van der Waals surface area (Å²) in [5, 5.41) is 3.39. The normalized spacial score (nSPS) is 22.9. The van der Waals surface area contributed by atoms with Gasteiger partial charge in [0.2, 0.25) is 0 Å². The molecule has 5 nitrogen and oxygen atoms in total. The first kappa shape index (κ1) is 8.64. The minimum absolute atomic E-state index is 0.315. The van der Waals surface area contributed by atoms with Gasteiger partial charge in [0, 0.05) is 18.9 Å². The largest absolute Gasteiger partial charge is 0.348 e. The van der Waals surface area contributed by atoms with Crippen LogP contribution in [0, 0.1) is 0 Å². The molecule has 0 aromatic carbocycles. The quantitative estimate of drug-likeness (QED) is 0.730. The highest BCUT2D eigenvalue weighted by molar-refractivity contribution is 6.03. The van der Waals surface area contributed by atoms with Crippen molar-refractivity contribution in [2.24, 2.45) is 4.99 Å². The third-order valence-corrected chi connectivity index (χ3v) is 2.85. The first-order valence-corrected chi connectivity index (χ1v) is 5.29. The monoisotopic (exact) mass is 203 g/mol. The summed E-state index contributed by atoms with van der Waals surface area (Å²) < 4.78 is 0. The van der Waals surface area contributed by atoms with E-state index in [-0.39, 0.29) is 0 Å². The lowest BCUT2D eigenvalue weighted by Crippen LogP contribution is -2.47. The van der Waals surface area contributed by atoms with Crippen LogP contribution in [-0.4, -0.2) is 40.0 Å². The predicted octanol–water partition coefficient (Wildman–Crippen LogP) is 0.700. The number of amidine groups is 1. The van der Waals surface area contributed by atoms with Crippen molar-refractivity contribution in [1.29, 1.82) is 0 Å². The Hall–Kier alpha value is -1.65. The molecule has 1 atom stereocenters. The summed E-state index contributed by atoms with van der Waals surface area (Å²) in [4.78, 5) is 15.4. The number of aromatic nitrogens is 2. The Balaban J connectivity index is 2.10. The number of nitrogens with one attached hydrogen (secondary N) is 1. The Morgan fingerprint density at radius 2 is 2.33 bits per heavy atom. The SMILES string of the molecule is CC[C@@H]1Nc2nccnc2C2=NCCN21. The van der Waals surface area contributed by atoms with Gasteiger partial charge in [-0.25, -0.2) is 9.97 Å². The van der Waals surface area contributed by atoms with Crippen LogP contribution in [0.15, 0.2) is 17.4 Å². The highest BCUT2D eigenvalue weighted by Crippen LogP contribution is 2.25. The van der Waals surface area contributed by atoms with Crippen LogP contribution in [0.1, 0.15) is 19.0 Å². The third kappa shape index (κ3) is 1.19. The zero-order chi connectivity index (χ0) is 10.3. The summed E-state index contributed by atoms with van der Waals surface area (Å²) in [6.07, 6.45) is 4.78. The standard InChI is InChI=1S/C10H13N5/c1-2-7-14-9-8(11-3-4-12-9)10-13-5-6-15(7)10/h3-4,7H,2,5-6H2,1H3,(H,12,14)/t7-/m1/s1. The molecule has 1 aromatic rings. The Labute approximate surface area is 88.3 Å². The van der Waals surface area contributed by atoms with Crippen molar-refractivity contribution in [3.8, 4) is 0 Å². The maximum absolute atomic E-state index is 4.50. The lowest BCUT2D eigenvalue weighted by atomic mass is 10.2. The van der Waals surface area contributed by atoms with Gasteiger partial charge in [-0.15, -0.1) is 0 Å². The first-order valence-electron chi connectivity index (χ1n) is 5.29. The lowest BCUT2D eigenvalue weighted by molar-refractivity contribution is 0.350. The van der Waals surface area contributed by atoms with Crippen LogP contribution in [0.5, 0.6) is 0 Å². The average Bonchev–Trinajstić information content (AvgIpc) is 2.77. The van der Waals surface area contributed by atoms with E-state index in [2.05, 4.69) is 32.1 Å². The molecule has 3 rings (SSSR count). The maximum atomic E-state index is 4.50. The van der Waals surface area contributed by atoms with Gasteiger partial charge in [-0.2, -0.15) is 0 Å². The van der Waals surface area contributed by atoms with Gasteiger partial charge < -0.3 is 10.2 Å². The number of rotatable bonds is 1. The zero-order valence-electron chi connectivity index (χ0n) is 8.64. The van der Waals surface area contributed by atoms with E-state index in [0.717, 1.165) is 36.9 Å². The summed E-state index contributed by atoms with van der Waals surface area (Å²) in [5.41, 5.74) is 0.889. The lowest BCUT2D eigenvalue weighted by Gasteiger charge is -2.35. The molecule has 2 aliphatic heterocycles. The van der Waals surface area contributed by atoms with Gasteiger partial charge >= 0.3 is 0 Å². The topological polar surface area (TPSA) is 53.4 Å². The van der Waals surface area contributed by atoms with Gasteiger partial charge in [0.1, 0.15) is 11.9 Å². The minimum atomic E-state index is 0.315. The molecule has 0 amide bonds. The molecule has 0 fully saturated rings. The summed E-state index contributed by atoms with van der Waals surface area (Å²) >= 11 is 0. The molecule has 0 aliphatic carbocycles. The van der Waals surface area contributed by atoms with Crippen LogP contribution >= 0.6 is 0 Å². The number of hydrogen-bond acceptors (Lipinski definition) is 5. The molecule has 0 bridgehead atoms. The van der Waals surface area contributed by atoms with Gasteiger partial charge in [-0.05, 0) is 6.42 Å². The smallest absolute Gasteiger partial charge is 0.157 e. The van der Waals surface area contributed by atoms with E-state index in [9.17, 15) is 0 Å². The third-order valence-electron chi connectivity index (χ3n) is 2.85. The second-order valence-corrected chi connectivity index (χ2v) is 3.72. The van der Waals surface area contributed by atoms with Crippen molar-refractivity contribution in [1.82, 2.24) is 14.9 Å². The summed E-state index contributed by atoms with van der Waals surface area (Å²) in [5.74, 6) is 1.87. The van der Waals surface area contributed by atoms with Crippen molar-refractivity contribution in [2.45, 2.75) is 19.5 Å². The molecule has 0 saturated carbocycles. The predicted molar refractivity (Wildman–Crippen MR) is 57.8 cm³/mol. The van der Waals surface area contributed by atoms with Gasteiger partial charge in [0.25, 0.3) is 0 Å². The molecule has 3 heterocycles. The Morgan fingerprint density at radius 1 is 1.47 bits per heavy atom. The van der Waals surface area contributed by atoms with Gasteiger partial charge in [0.05, 0.1) is 6.54 Å². The molecular weight excluding hydrogens is 190 g/mol. The van der Waals surface area contributed by atoms with E-state index in [0.29, 0.717) is 6.17 Å². The molecule has 5 heteroatoms. The minimum Gasteiger partial charge on any atom is -0.348 e. The molecule has 2 aliphatic rings. The van der Waals surface area contributed by atoms with Crippen LogP contribution in [0.4, 0.5) is 5.82 Å². The van der Waals surface area contributed by atoms with Gasteiger partial charge in [-0.1, -0.05) is 6.92 Å². The summed E-state index contributed by atoms with van der Waals surface area (Å²) in [7, 11) is 0. The van der Waals surface area contributed by atoms with E-state index in [4.69, 9.17) is 0 Å². The van der Waals surface area contributed by atoms with E-state index in [1.807, 2.05) is 0 Å². The fraction of sp³-hybridized carbons (Fsp3) is 0.500. The van der Waals surface area contributed by atoms with Crippen LogP contribution in [-0.2, 0) is 0 Å². The molecule has 1 aromatic heterocycles. The van der Waals surface area contributed by atoms with Gasteiger partial charge in [-0.3, -0.25) is 4.99 Å².